The standard InChI is InChI=1S/C36H40N4O6/c1-2-3-4-11-19-39(22-29-28(16-17-31(41)33(29)43)25-12-7-5-8-13-25)32(42)23-40-34(26-14-9-6-10-15-26)37-21-30(36(40)45)38-35(44)27-18-20-46-24-27/h5-10,12-17,21,27,41,43H,2-4,11,18-20,22-24H2,1H3,(H,38,44). The Labute approximate surface area is 268 Å². The number of aromatic hydroxyl groups is 2. The molecular formula is C36H40N4O6. The number of hydrogen-bond donors (Lipinski definition) is 3. The zero-order valence-electron chi connectivity index (χ0n) is 26.0. The van der Waals surface area contributed by atoms with E-state index < -0.39 is 5.56 Å². The number of hydrogen-bond acceptors (Lipinski definition) is 7. The van der Waals surface area contributed by atoms with Gasteiger partial charge in [0.05, 0.1) is 25.3 Å². The SMILES string of the molecule is CCCCCCN(Cc1c(-c2ccccc2)ccc(O)c1O)C(=O)Cn1c(-c2ccccc2)ncc(NC(=O)C2CCOC2)c1=O. The summed E-state index contributed by atoms with van der Waals surface area (Å²) in [7, 11) is 0. The van der Waals surface area contributed by atoms with E-state index in [0.29, 0.717) is 36.3 Å². The fraction of sp³-hybridized carbons (Fsp3) is 0.333. The number of phenols is 2. The fourth-order valence-corrected chi connectivity index (χ4v) is 5.64. The number of carbonyl (C=O) groups is 2. The lowest BCUT2D eigenvalue weighted by Crippen LogP contribution is -2.38. The van der Waals surface area contributed by atoms with Gasteiger partial charge in [0.2, 0.25) is 11.8 Å². The van der Waals surface area contributed by atoms with Crippen LogP contribution in [0.15, 0.2) is 83.8 Å². The molecule has 10 nitrogen and oxygen atoms in total. The summed E-state index contributed by atoms with van der Waals surface area (Å²) in [6.07, 6.45) is 5.54. The maximum absolute atomic E-state index is 14.2. The summed E-state index contributed by atoms with van der Waals surface area (Å²) in [5, 5.41) is 24.1. The average Bonchev–Trinajstić information content (AvgIpc) is 3.63. The van der Waals surface area contributed by atoms with Gasteiger partial charge in [0, 0.05) is 24.3 Å². The lowest BCUT2D eigenvalue weighted by molar-refractivity contribution is -0.132. The van der Waals surface area contributed by atoms with Crippen molar-refractivity contribution in [2.75, 3.05) is 25.1 Å². The van der Waals surface area contributed by atoms with Crippen molar-refractivity contribution < 1.29 is 24.5 Å². The van der Waals surface area contributed by atoms with Crippen molar-refractivity contribution in [1.82, 2.24) is 14.5 Å². The molecule has 0 bridgehead atoms. The first-order valence-corrected chi connectivity index (χ1v) is 15.8. The molecule has 10 heteroatoms. The molecule has 0 radical (unpaired) electrons. The van der Waals surface area contributed by atoms with Crippen molar-refractivity contribution in [3.8, 4) is 34.0 Å². The van der Waals surface area contributed by atoms with Crippen LogP contribution in [0.4, 0.5) is 5.69 Å². The third-order valence-corrected chi connectivity index (χ3v) is 8.26. The maximum atomic E-state index is 14.2. The molecule has 1 aliphatic rings. The molecule has 3 aromatic carbocycles. The Morgan fingerprint density at radius 2 is 1.70 bits per heavy atom. The summed E-state index contributed by atoms with van der Waals surface area (Å²) in [6.45, 7) is 2.92. The number of benzene rings is 3. The normalized spacial score (nSPS) is 14.2. The van der Waals surface area contributed by atoms with Crippen LogP contribution in [0, 0.1) is 5.92 Å². The molecule has 1 unspecified atom stereocenters. The largest absolute Gasteiger partial charge is 0.504 e. The smallest absolute Gasteiger partial charge is 0.278 e. The number of aromatic nitrogens is 2. The molecule has 0 saturated carbocycles. The monoisotopic (exact) mass is 624 g/mol. The van der Waals surface area contributed by atoms with Crippen molar-refractivity contribution in [1.29, 1.82) is 0 Å². The van der Waals surface area contributed by atoms with Gasteiger partial charge in [-0.15, -0.1) is 0 Å². The van der Waals surface area contributed by atoms with Gasteiger partial charge in [0.1, 0.15) is 18.1 Å². The summed E-state index contributed by atoms with van der Waals surface area (Å²) in [6, 6.07) is 21.7. The van der Waals surface area contributed by atoms with Gasteiger partial charge in [-0.1, -0.05) is 92.9 Å². The molecule has 1 fully saturated rings. The highest BCUT2D eigenvalue weighted by molar-refractivity contribution is 5.92. The number of nitrogens with one attached hydrogen (secondary N) is 1. The van der Waals surface area contributed by atoms with Crippen LogP contribution < -0.4 is 10.9 Å². The topological polar surface area (TPSA) is 134 Å². The van der Waals surface area contributed by atoms with Crippen LogP contribution in [0.3, 0.4) is 0 Å². The van der Waals surface area contributed by atoms with Gasteiger partial charge in [0.15, 0.2) is 11.5 Å². The minimum Gasteiger partial charge on any atom is -0.504 e. The zero-order chi connectivity index (χ0) is 32.5. The van der Waals surface area contributed by atoms with Gasteiger partial charge in [-0.3, -0.25) is 19.0 Å². The quantitative estimate of drug-likeness (QED) is 0.131. The summed E-state index contributed by atoms with van der Waals surface area (Å²) in [5.74, 6) is -1.35. The molecule has 0 aliphatic carbocycles. The predicted octanol–water partition coefficient (Wildman–Crippen LogP) is 5.57. The molecule has 2 heterocycles. The second-order valence-electron chi connectivity index (χ2n) is 11.5. The lowest BCUT2D eigenvalue weighted by Gasteiger charge is -2.26. The zero-order valence-corrected chi connectivity index (χ0v) is 26.0. The minimum absolute atomic E-state index is 0.0103. The van der Waals surface area contributed by atoms with E-state index in [2.05, 4.69) is 17.2 Å². The number of anilines is 1. The van der Waals surface area contributed by atoms with Crippen molar-refractivity contribution in [3.05, 3.63) is 94.9 Å². The second kappa shape index (κ2) is 15.4. The van der Waals surface area contributed by atoms with Gasteiger partial charge in [0.25, 0.3) is 5.56 Å². The van der Waals surface area contributed by atoms with Crippen LogP contribution in [0.1, 0.15) is 44.6 Å². The molecule has 1 saturated heterocycles. The van der Waals surface area contributed by atoms with Gasteiger partial charge in [-0.2, -0.15) is 0 Å². The van der Waals surface area contributed by atoms with Crippen LogP contribution in [0.5, 0.6) is 11.5 Å². The number of amides is 2. The average molecular weight is 625 g/mol. The van der Waals surface area contributed by atoms with E-state index in [1.165, 1.54) is 16.8 Å². The number of nitrogens with zero attached hydrogens (tertiary/aromatic N) is 3. The Bertz CT molecular complexity index is 1700. The molecule has 1 atom stereocenters. The van der Waals surface area contributed by atoms with E-state index in [1.54, 1.807) is 23.1 Å². The molecular weight excluding hydrogens is 584 g/mol. The highest BCUT2D eigenvalue weighted by Crippen LogP contribution is 2.37. The lowest BCUT2D eigenvalue weighted by atomic mass is 9.97. The summed E-state index contributed by atoms with van der Waals surface area (Å²) >= 11 is 0. The van der Waals surface area contributed by atoms with Crippen molar-refractivity contribution in [2.45, 2.75) is 52.1 Å². The van der Waals surface area contributed by atoms with Crippen LogP contribution in [-0.2, 0) is 27.4 Å². The Balaban J connectivity index is 1.51. The van der Waals surface area contributed by atoms with E-state index >= 15 is 0 Å². The van der Waals surface area contributed by atoms with Gasteiger partial charge in [-0.25, -0.2) is 4.98 Å². The van der Waals surface area contributed by atoms with Gasteiger partial charge >= 0.3 is 0 Å². The summed E-state index contributed by atoms with van der Waals surface area (Å²) in [4.78, 5) is 47.1. The van der Waals surface area contributed by atoms with E-state index in [1.807, 2.05) is 48.5 Å². The Hall–Kier alpha value is -4.96. The predicted molar refractivity (Wildman–Crippen MR) is 176 cm³/mol. The van der Waals surface area contributed by atoms with Crippen molar-refractivity contribution >= 4 is 17.5 Å². The number of rotatable bonds is 13. The van der Waals surface area contributed by atoms with E-state index in [-0.39, 0.29) is 60.4 Å². The third-order valence-electron chi connectivity index (χ3n) is 8.26. The third kappa shape index (κ3) is 7.63. The molecule has 2 amide bonds. The molecule has 46 heavy (non-hydrogen) atoms. The molecule has 1 aliphatic heterocycles. The summed E-state index contributed by atoms with van der Waals surface area (Å²) < 4.78 is 6.62. The van der Waals surface area contributed by atoms with Gasteiger partial charge < -0.3 is 25.2 Å². The van der Waals surface area contributed by atoms with E-state index in [0.717, 1.165) is 31.2 Å². The first-order valence-electron chi connectivity index (χ1n) is 15.8. The Morgan fingerprint density at radius 1 is 0.978 bits per heavy atom. The Morgan fingerprint density at radius 3 is 2.37 bits per heavy atom. The molecule has 0 spiro atoms. The fourth-order valence-electron chi connectivity index (χ4n) is 5.64. The summed E-state index contributed by atoms with van der Waals surface area (Å²) in [5.41, 5.74) is 1.99. The van der Waals surface area contributed by atoms with Crippen LogP contribution >= 0.6 is 0 Å². The minimum atomic E-state index is -0.550. The number of phenolic OH excluding ortho intramolecular Hbond substituents is 2. The highest BCUT2D eigenvalue weighted by Gasteiger charge is 2.26. The van der Waals surface area contributed by atoms with E-state index in [4.69, 9.17) is 4.74 Å². The number of carbonyl (C=O) groups excluding carboxylic acids is 2. The first-order chi connectivity index (χ1) is 22.4. The van der Waals surface area contributed by atoms with Gasteiger partial charge in [-0.05, 0) is 30.0 Å². The second-order valence-corrected chi connectivity index (χ2v) is 11.5. The van der Waals surface area contributed by atoms with Crippen LogP contribution in [-0.4, -0.2) is 56.2 Å². The first kappa shape index (κ1) is 32.4. The van der Waals surface area contributed by atoms with Crippen LogP contribution in [0.2, 0.25) is 0 Å². The number of ether oxygens (including phenoxy) is 1. The van der Waals surface area contributed by atoms with Crippen molar-refractivity contribution in [3.63, 3.8) is 0 Å². The molecule has 4 aromatic rings. The highest BCUT2D eigenvalue weighted by atomic mass is 16.5. The molecule has 3 N–H and O–H groups in total. The van der Waals surface area contributed by atoms with E-state index in [9.17, 15) is 24.6 Å². The van der Waals surface area contributed by atoms with Crippen molar-refractivity contribution in [2.24, 2.45) is 5.92 Å². The molecule has 240 valence electrons. The Kier molecular flexibility index (Phi) is 10.8. The maximum Gasteiger partial charge on any atom is 0.278 e. The molecule has 5 rings (SSSR count). The number of unbranched alkanes of at least 4 members (excludes halogenated alkanes) is 3. The van der Waals surface area contributed by atoms with Crippen LogP contribution in [0.25, 0.3) is 22.5 Å². The molecule has 1 aromatic heterocycles.